The van der Waals surface area contributed by atoms with E-state index in [2.05, 4.69) is 41.5 Å². The summed E-state index contributed by atoms with van der Waals surface area (Å²) in [6, 6.07) is 0.961. The van der Waals surface area contributed by atoms with Crippen LogP contribution in [0.5, 0.6) is 0 Å². The van der Waals surface area contributed by atoms with E-state index in [0.29, 0.717) is 18.6 Å². The Morgan fingerprint density at radius 1 is 0.469 bits per heavy atom. The first kappa shape index (κ1) is 32.1. The highest BCUT2D eigenvalue weighted by Gasteiger charge is 2.42. The summed E-state index contributed by atoms with van der Waals surface area (Å²) in [5.74, 6) is 0. The van der Waals surface area contributed by atoms with E-state index in [4.69, 9.17) is 13.3 Å². The maximum Gasteiger partial charge on any atom is 0.500 e. The highest BCUT2D eigenvalue weighted by Crippen LogP contribution is 2.39. The van der Waals surface area contributed by atoms with E-state index in [-0.39, 0.29) is 0 Å². The van der Waals surface area contributed by atoms with E-state index in [1.54, 1.807) is 0 Å². The summed E-state index contributed by atoms with van der Waals surface area (Å²) >= 11 is 0. The first-order valence-electron chi connectivity index (χ1n) is 14.5. The van der Waals surface area contributed by atoms with Crippen molar-refractivity contribution in [2.75, 3.05) is 19.8 Å². The minimum absolute atomic E-state index is 0.299. The second-order valence-corrected chi connectivity index (χ2v) is 12.6. The molecule has 0 saturated carbocycles. The minimum Gasteiger partial charge on any atom is -0.374 e. The molecule has 0 aromatic rings. The van der Waals surface area contributed by atoms with Crippen molar-refractivity contribution in [3.63, 3.8) is 0 Å². The monoisotopic (exact) mass is 472 g/mol. The van der Waals surface area contributed by atoms with Crippen molar-refractivity contribution in [1.82, 2.24) is 0 Å². The summed E-state index contributed by atoms with van der Waals surface area (Å²) in [6.45, 7) is 15.6. The maximum atomic E-state index is 6.84. The van der Waals surface area contributed by atoms with Gasteiger partial charge in [0.2, 0.25) is 0 Å². The van der Waals surface area contributed by atoms with Crippen LogP contribution in [0.2, 0.25) is 6.04 Å². The van der Waals surface area contributed by atoms with Crippen molar-refractivity contribution in [2.24, 2.45) is 5.41 Å². The summed E-state index contributed by atoms with van der Waals surface area (Å²) in [4.78, 5) is 0. The molecule has 3 nitrogen and oxygen atoms in total. The van der Waals surface area contributed by atoms with Crippen LogP contribution < -0.4 is 0 Å². The number of unbranched alkanes of at least 4 members (excludes halogenated alkanes) is 10. The van der Waals surface area contributed by atoms with Crippen molar-refractivity contribution in [3.05, 3.63) is 0 Å². The zero-order valence-corrected chi connectivity index (χ0v) is 24.1. The summed E-state index contributed by atoms with van der Waals surface area (Å²) in [7, 11) is -2.59. The van der Waals surface area contributed by atoms with E-state index in [1.165, 1.54) is 96.3 Å². The molecule has 0 aliphatic rings. The van der Waals surface area contributed by atoms with Crippen molar-refractivity contribution < 1.29 is 13.3 Å². The van der Waals surface area contributed by atoms with Gasteiger partial charge in [-0.15, -0.1) is 0 Å². The lowest BCUT2D eigenvalue weighted by molar-refractivity contribution is 0.0153. The minimum atomic E-state index is -2.59. The molecule has 4 heteroatoms. The standard InChI is InChI=1S/C28H60O3Si/c1-7-13-17-20-23-28(24-21-18-14-8-2,25-22-19-15-9-3)27-31-32(29-11-5,30-12-6)26-16-10-4/h7-27H2,1-6H3. The molecule has 0 rings (SSSR count). The lowest BCUT2D eigenvalue weighted by Gasteiger charge is -2.38. The number of hydrogen-bond acceptors (Lipinski definition) is 3. The van der Waals surface area contributed by atoms with E-state index in [9.17, 15) is 0 Å². The predicted molar refractivity (Wildman–Crippen MR) is 143 cm³/mol. The van der Waals surface area contributed by atoms with Gasteiger partial charge in [-0.05, 0) is 44.9 Å². The van der Waals surface area contributed by atoms with Gasteiger partial charge in [0.05, 0.1) is 0 Å². The molecule has 0 aliphatic carbocycles. The van der Waals surface area contributed by atoms with Gasteiger partial charge >= 0.3 is 8.80 Å². The van der Waals surface area contributed by atoms with E-state index >= 15 is 0 Å². The maximum absolute atomic E-state index is 6.84. The molecule has 0 amide bonds. The second kappa shape index (κ2) is 21.6. The highest BCUT2D eigenvalue weighted by atomic mass is 28.4. The van der Waals surface area contributed by atoms with Crippen molar-refractivity contribution >= 4 is 8.80 Å². The molecular weight excluding hydrogens is 412 g/mol. The molecule has 0 fully saturated rings. The van der Waals surface area contributed by atoms with Gasteiger partial charge in [0.15, 0.2) is 0 Å². The molecule has 0 radical (unpaired) electrons. The predicted octanol–water partition coefficient (Wildman–Crippen LogP) is 9.71. The molecule has 0 aliphatic heterocycles. The highest BCUT2D eigenvalue weighted by molar-refractivity contribution is 6.60. The topological polar surface area (TPSA) is 27.7 Å². The smallest absolute Gasteiger partial charge is 0.374 e. The van der Waals surface area contributed by atoms with Crippen LogP contribution in [0, 0.1) is 5.41 Å². The molecule has 0 heterocycles. The van der Waals surface area contributed by atoms with E-state index < -0.39 is 8.80 Å². The molecule has 0 aromatic carbocycles. The Morgan fingerprint density at radius 2 is 0.875 bits per heavy atom. The Morgan fingerprint density at radius 3 is 1.22 bits per heavy atom. The molecule has 194 valence electrons. The number of hydrogen-bond donors (Lipinski definition) is 0. The summed E-state index contributed by atoms with van der Waals surface area (Å²) in [6.07, 6.45) is 22.3. The first-order valence-corrected chi connectivity index (χ1v) is 16.4. The van der Waals surface area contributed by atoms with Gasteiger partial charge in [-0.1, -0.05) is 111 Å². The molecule has 0 spiro atoms. The van der Waals surface area contributed by atoms with E-state index in [1.807, 2.05) is 0 Å². The van der Waals surface area contributed by atoms with Gasteiger partial charge in [-0.2, -0.15) is 0 Å². The molecule has 0 atom stereocenters. The molecule has 0 saturated heterocycles. The average molecular weight is 473 g/mol. The zero-order valence-electron chi connectivity index (χ0n) is 23.1. The Labute approximate surface area is 204 Å². The van der Waals surface area contributed by atoms with Crippen molar-refractivity contribution in [3.8, 4) is 0 Å². The second-order valence-electron chi connectivity index (χ2n) is 9.87. The van der Waals surface area contributed by atoms with Crippen LogP contribution in [-0.4, -0.2) is 28.6 Å². The summed E-state index contributed by atoms with van der Waals surface area (Å²) < 4.78 is 19.4. The molecular formula is C28H60O3Si. The van der Waals surface area contributed by atoms with Crippen LogP contribution in [0.25, 0.3) is 0 Å². The molecule has 0 bridgehead atoms. The van der Waals surface area contributed by atoms with Crippen LogP contribution in [0.4, 0.5) is 0 Å². The molecule has 0 aromatic heterocycles. The van der Waals surface area contributed by atoms with Gasteiger partial charge < -0.3 is 13.3 Å². The van der Waals surface area contributed by atoms with Gasteiger partial charge in [0, 0.05) is 25.9 Å². The van der Waals surface area contributed by atoms with Crippen LogP contribution in [-0.2, 0) is 13.3 Å². The van der Waals surface area contributed by atoms with Crippen LogP contribution in [0.1, 0.15) is 151 Å². The zero-order chi connectivity index (χ0) is 24.0. The fourth-order valence-corrected chi connectivity index (χ4v) is 7.68. The van der Waals surface area contributed by atoms with Crippen LogP contribution in [0.3, 0.4) is 0 Å². The first-order chi connectivity index (χ1) is 15.6. The summed E-state index contributed by atoms with van der Waals surface area (Å²) in [5, 5.41) is 0. The molecule has 0 N–H and O–H groups in total. The molecule has 32 heavy (non-hydrogen) atoms. The van der Waals surface area contributed by atoms with Gasteiger partial charge in [-0.25, -0.2) is 0 Å². The average Bonchev–Trinajstić information content (AvgIpc) is 2.80. The van der Waals surface area contributed by atoms with Crippen LogP contribution >= 0.6 is 0 Å². The van der Waals surface area contributed by atoms with Gasteiger partial charge in [-0.3, -0.25) is 0 Å². The Bertz CT molecular complexity index is 352. The molecule has 0 unspecified atom stereocenters. The lowest BCUT2D eigenvalue weighted by atomic mass is 9.74. The normalized spacial score (nSPS) is 12.6. The Kier molecular flexibility index (Phi) is 21.7. The third kappa shape index (κ3) is 15.1. The third-order valence-corrected chi connectivity index (χ3v) is 9.85. The Balaban J connectivity index is 5.48. The quantitative estimate of drug-likeness (QED) is 0.0977. The Hall–Kier alpha value is 0.0969. The van der Waals surface area contributed by atoms with Crippen molar-refractivity contribution in [1.29, 1.82) is 0 Å². The fourth-order valence-electron chi connectivity index (χ4n) is 4.81. The largest absolute Gasteiger partial charge is 0.500 e. The van der Waals surface area contributed by atoms with Gasteiger partial charge in [0.25, 0.3) is 0 Å². The lowest BCUT2D eigenvalue weighted by Crippen LogP contribution is -2.48. The third-order valence-electron chi connectivity index (χ3n) is 6.85. The van der Waals surface area contributed by atoms with Crippen LogP contribution in [0.15, 0.2) is 0 Å². The number of rotatable bonds is 25. The SMILES string of the molecule is CCCCCCC(CCCCCC)(CCCCCC)CO[Si](CCCC)(OCC)OCC. The van der Waals surface area contributed by atoms with E-state index in [0.717, 1.165) is 25.5 Å². The van der Waals surface area contributed by atoms with Crippen molar-refractivity contribution in [2.45, 2.75) is 157 Å². The summed E-state index contributed by atoms with van der Waals surface area (Å²) in [5.41, 5.74) is 0.299. The van der Waals surface area contributed by atoms with Gasteiger partial charge in [0.1, 0.15) is 0 Å². The fraction of sp³-hybridized carbons (Fsp3) is 1.00.